The van der Waals surface area contributed by atoms with Crippen molar-refractivity contribution in [2.24, 2.45) is 40.4 Å². The Kier molecular flexibility index (Phi) is 4.77. The summed E-state index contributed by atoms with van der Waals surface area (Å²) in [5, 5.41) is 7.18. The Morgan fingerprint density at radius 2 is 1.56 bits per heavy atom. The molecule has 2 heteroatoms. The first-order valence-electron chi connectivity index (χ1n) is 11.3. The first kappa shape index (κ1) is 18.3. The zero-order valence-electron chi connectivity index (χ0n) is 17.4. The van der Waals surface area contributed by atoms with Gasteiger partial charge in [-0.15, -0.1) is 0 Å². The van der Waals surface area contributed by atoms with Gasteiger partial charge < -0.3 is 10.6 Å². The van der Waals surface area contributed by atoms with Crippen molar-refractivity contribution >= 4 is 0 Å². The molecule has 0 aromatic heterocycles. The van der Waals surface area contributed by atoms with Crippen LogP contribution in [0.1, 0.15) is 78.6 Å². The summed E-state index contributed by atoms with van der Waals surface area (Å²) >= 11 is 0. The largest absolute Gasteiger partial charge is 0.317 e. The second-order valence-corrected chi connectivity index (χ2v) is 10.7. The van der Waals surface area contributed by atoms with Gasteiger partial charge in [0.15, 0.2) is 0 Å². The average molecular weight is 347 g/mol. The molecule has 0 bridgehead atoms. The van der Waals surface area contributed by atoms with Crippen molar-refractivity contribution in [1.29, 1.82) is 0 Å². The third kappa shape index (κ3) is 2.64. The van der Waals surface area contributed by atoms with Gasteiger partial charge in [0.25, 0.3) is 0 Å². The fourth-order valence-corrected chi connectivity index (χ4v) is 8.58. The van der Waals surface area contributed by atoms with E-state index in [1.54, 1.807) is 0 Å². The number of nitrogens with one attached hydrogen (secondary N) is 2. The maximum Gasteiger partial charge on any atom is 0.00693 e. The molecule has 4 aliphatic rings. The van der Waals surface area contributed by atoms with Gasteiger partial charge in [-0.3, -0.25) is 0 Å². The predicted molar refractivity (Wildman–Crippen MR) is 107 cm³/mol. The lowest BCUT2D eigenvalue weighted by Crippen LogP contribution is -2.55. The number of rotatable bonds is 3. The van der Waals surface area contributed by atoms with Crippen LogP contribution >= 0.6 is 0 Å². The van der Waals surface area contributed by atoms with Crippen LogP contribution in [0.4, 0.5) is 0 Å². The van der Waals surface area contributed by atoms with E-state index in [4.69, 9.17) is 0 Å². The molecule has 4 saturated carbocycles. The molecule has 2 N–H and O–H groups in total. The van der Waals surface area contributed by atoms with Crippen molar-refractivity contribution in [1.82, 2.24) is 10.6 Å². The predicted octanol–water partition coefficient (Wildman–Crippen LogP) is 4.84. The Morgan fingerprint density at radius 3 is 2.28 bits per heavy atom. The van der Waals surface area contributed by atoms with Crippen molar-refractivity contribution in [2.75, 3.05) is 14.1 Å². The summed E-state index contributed by atoms with van der Waals surface area (Å²) in [7, 11) is 4.34. The molecule has 4 rings (SSSR count). The molecule has 2 nitrogen and oxygen atoms in total. The molecule has 0 saturated heterocycles. The van der Waals surface area contributed by atoms with E-state index in [1.165, 1.54) is 57.8 Å². The normalized spacial score (nSPS) is 53.6. The maximum atomic E-state index is 3.59. The summed E-state index contributed by atoms with van der Waals surface area (Å²) in [4.78, 5) is 0. The van der Waals surface area contributed by atoms with E-state index in [9.17, 15) is 0 Å². The van der Waals surface area contributed by atoms with Crippen molar-refractivity contribution in [3.8, 4) is 0 Å². The third-order valence-corrected chi connectivity index (χ3v) is 10.2. The Balaban J connectivity index is 1.56. The molecule has 0 aromatic rings. The van der Waals surface area contributed by atoms with E-state index >= 15 is 0 Å². The van der Waals surface area contributed by atoms with E-state index in [2.05, 4.69) is 45.5 Å². The average Bonchev–Trinajstić information content (AvgIpc) is 2.97. The van der Waals surface area contributed by atoms with Gasteiger partial charge in [0, 0.05) is 12.1 Å². The van der Waals surface area contributed by atoms with Crippen LogP contribution in [0.2, 0.25) is 0 Å². The Hall–Kier alpha value is -0.0800. The second kappa shape index (κ2) is 6.51. The van der Waals surface area contributed by atoms with E-state index < -0.39 is 0 Å². The highest BCUT2D eigenvalue weighted by atomic mass is 14.9. The van der Waals surface area contributed by atoms with Gasteiger partial charge in [0.1, 0.15) is 0 Å². The molecule has 0 aliphatic heterocycles. The second-order valence-electron chi connectivity index (χ2n) is 10.7. The summed E-state index contributed by atoms with van der Waals surface area (Å²) in [6, 6.07) is 1.47. The minimum atomic E-state index is 0.606. The Morgan fingerprint density at radius 1 is 0.840 bits per heavy atom. The lowest BCUT2D eigenvalue weighted by atomic mass is 9.44. The summed E-state index contributed by atoms with van der Waals surface area (Å²) < 4.78 is 0. The molecule has 0 spiro atoms. The summed E-state index contributed by atoms with van der Waals surface area (Å²) in [6.07, 6.45) is 13.4. The first-order valence-corrected chi connectivity index (χ1v) is 11.3. The van der Waals surface area contributed by atoms with Gasteiger partial charge in [0.05, 0.1) is 0 Å². The lowest BCUT2D eigenvalue weighted by molar-refractivity contribution is -0.115. The molecular formula is C23H42N2. The van der Waals surface area contributed by atoms with Crippen LogP contribution in [0, 0.1) is 40.4 Å². The van der Waals surface area contributed by atoms with Gasteiger partial charge >= 0.3 is 0 Å². The summed E-state index contributed by atoms with van der Waals surface area (Å²) in [6.45, 7) is 7.80. The fourth-order valence-electron chi connectivity index (χ4n) is 8.58. The first-order chi connectivity index (χ1) is 11.9. The van der Waals surface area contributed by atoms with Crippen molar-refractivity contribution < 1.29 is 0 Å². The standard InChI is InChI=1S/C23H42N2/c1-15(24-4)19-8-9-20-18-7-6-16-14-17(25-5)10-12-22(16,2)21(18)11-13-23(19,20)3/h15-21,24-25H,6-14H2,1-5H3. The molecule has 4 aliphatic carbocycles. The molecule has 0 amide bonds. The van der Waals surface area contributed by atoms with Crippen LogP contribution in [0.5, 0.6) is 0 Å². The van der Waals surface area contributed by atoms with Gasteiger partial charge in [-0.05, 0) is 119 Å². The zero-order valence-corrected chi connectivity index (χ0v) is 17.4. The van der Waals surface area contributed by atoms with Crippen molar-refractivity contribution in [3.05, 3.63) is 0 Å². The molecule has 0 heterocycles. The highest BCUT2D eigenvalue weighted by Crippen LogP contribution is 2.67. The molecule has 9 unspecified atom stereocenters. The van der Waals surface area contributed by atoms with Crippen LogP contribution in [0.3, 0.4) is 0 Å². The van der Waals surface area contributed by atoms with E-state index in [1.807, 2.05) is 0 Å². The molecule has 25 heavy (non-hydrogen) atoms. The molecular weight excluding hydrogens is 304 g/mol. The fraction of sp³-hybridized carbons (Fsp3) is 1.00. The SMILES string of the molecule is CNC1CCC2(C)C(CCC3C2CCC2(C)C(C(C)NC)CCC32)C1. The highest BCUT2D eigenvalue weighted by molar-refractivity contribution is 5.10. The van der Waals surface area contributed by atoms with E-state index in [0.717, 1.165) is 35.6 Å². The van der Waals surface area contributed by atoms with E-state index in [0.29, 0.717) is 16.9 Å². The van der Waals surface area contributed by atoms with Crippen LogP contribution < -0.4 is 10.6 Å². The van der Waals surface area contributed by atoms with Crippen molar-refractivity contribution in [2.45, 2.75) is 90.6 Å². The highest BCUT2D eigenvalue weighted by Gasteiger charge is 2.60. The number of hydrogen-bond donors (Lipinski definition) is 2. The molecule has 0 radical (unpaired) electrons. The maximum absolute atomic E-state index is 3.59. The van der Waals surface area contributed by atoms with Gasteiger partial charge in [-0.25, -0.2) is 0 Å². The lowest BCUT2D eigenvalue weighted by Gasteiger charge is -2.61. The molecule has 144 valence electrons. The van der Waals surface area contributed by atoms with Gasteiger partial charge in [0.2, 0.25) is 0 Å². The van der Waals surface area contributed by atoms with Gasteiger partial charge in [-0.1, -0.05) is 13.8 Å². The van der Waals surface area contributed by atoms with Crippen LogP contribution in [-0.4, -0.2) is 26.2 Å². The smallest absolute Gasteiger partial charge is 0.00693 e. The van der Waals surface area contributed by atoms with Crippen LogP contribution in [0.15, 0.2) is 0 Å². The molecule has 4 fully saturated rings. The van der Waals surface area contributed by atoms with Crippen molar-refractivity contribution in [3.63, 3.8) is 0 Å². The molecule has 9 atom stereocenters. The third-order valence-electron chi connectivity index (χ3n) is 10.2. The van der Waals surface area contributed by atoms with Crippen LogP contribution in [0.25, 0.3) is 0 Å². The summed E-state index contributed by atoms with van der Waals surface area (Å²) in [5.41, 5.74) is 1.25. The number of fused-ring (bicyclic) bond motifs is 5. The number of hydrogen-bond acceptors (Lipinski definition) is 2. The quantitative estimate of drug-likeness (QED) is 0.764. The van der Waals surface area contributed by atoms with Crippen LogP contribution in [-0.2, 0) is 0 Å². The topological polar surface area (TPSA) is 24.1 Å². The van der Waals surface area contributed by atoms with E-state index in [-0.39, 0.29) is 0 Å². The Bertz CT molecular complexity index is 490. The Labute approximate surface area is 156 Å². The summed E-state index contributed by atoms with van der Waals surface area (Å²) in [5.74, 6) is 4.93. The minimum absolute atomic E-state index is 0.606. The minimum Gasteiger partial charge on any atom is -0.317 e. The zero-order chi connectivity index (χ0) is 17.8. The monoisotopic (exact) mass is 346 g/mol. The molecule has 0 aromatic carbocycles. The van der Waals surface area contributed by atoms with Gasteiger partial charge in [-0.2, -0.15) is 0 Å².